The number of para-hydroxylation sites is 1. The molecule has 2 aromatic carbocycles. The van der Waals surface area contributed by atoms with E-state index >= 15 is 0 Å². The first-order valence-electron chi connectivity index (χ1n) is 6.14. The number of nitro groups is 1. The predicted octanol–water partition coefficient (Wildman–Crippen LogP) is 3.30. The summed E-state index contributed by atoms with van der Waals surface area (Å²) in [7, 11) is 0. The molecular weight excluding hydrogens is 277 g/mol. The number of hydrogen-bond donors (Lipinski definition) is 0. The summed E-state index contributed by atoms with van der Waals surface area (Å²) in [6, 6.07) is 10.2. The molecule has 0 atom stereocenters. The van der Waals surface area contributed by atoms with Crippen LogP contribution in [0.2, 0.25) is 0 Å². The zero-order chi connectivity index (χ0) is 15.4. The number of ketones is 1. The number of carbonyl (C=O) groups is 1. The summed E-state index contributed by atoms with van der Waals surface area (Å²) in [6.07, 6.45) is 0. The molecule has 2 rings (SSSR count). The van der Waals surface area contributed by atoms with Gasteiger partial charge in [0.05, 0.1) is 4.92 Å². The number of ether oxygens (including phenoxy) is 1. The Hall–Kier alpha value is -2.76. The number of nitro benzene ring substituents is 1. The second-order valence-electron chi connectivity index (χ2n) is 4.43. The van der Waals surface area contributed by atoms with E-state index in [4.69, 9.17) is 4.74 Å². The van der Waals surface area contributed by atoms with Gasteiger partial charge in [0.15, 0.2) is 18.2 Å². The van der Waals surface area contributed by atoms with E-state index in [0.29, 0.717) is 5.56 Å². The minimum absolute atomic E-state index is 0.378. The summed E-state index contributed by atoms with van der Waals surface area (Å²) < 4.78 is 18.6. The first-order valence-corrected chi connectivity index (χ1v) is 6.14. The lowest BCUT2D eigenvalue weighted by atomic mass is 10.1. The molecule has 0 bridgehead atoms. The molecule has 6 heteroatoms. The minimum Gasteiger partial charge on any atom is -0.476 e. The molecular formula is C15H12FNO4. The van der Waals surface area contributed by atoms with Crippen LogP contribution in [0.1, 0.15) is 15.9 Å². The average Bonchev–Trinajstić information content (AvgIpc) is 2.45. The van der Waals surface area contributed by atoms with Crippen molar-refractivity contribution in [3.63, 3.8) is 0 Å². The van der Waals surface area contributed by atoms with Crippen molar-refractivity contribution in [2.75, 3.05) is 6.61 Å². The van der Waals surface area contributed by atoms with Crippen molar-refractivity contribution in [1.29, 1.82) is 0 Å². The van der Waals surface area contributed by atoms with E-state index in [1.165, 1.54) is 6.07 Å². The standard InChI is InChI=1S/C15H12FNO4/c1-10-4-2-5-11(8-10)14(18)9-21-15-12(16)6-3-7-13(15)17(19)20/h2-8H,9H2,1H3. The van der Waals surface area contributed by atoms with E-state index in [1.807, 2.05) is 13.0 Å². The number of halogens is 1. The highest BCUT2D eigenvalue weighted by Gasteiger charge is 2.20. The van der Waals surface area contributed by atoms with Crippen molar-refractivity contribution in [2.24, 2.45) is 0 Å². The lowest BCUT2D eigenvalue weighted by Gasteiger charge is -2.07. The van der Waals surface area contributed by atoms with Gasteiger partial charge in [0.2, 0.25) is 5.75 Å². The largest absolute Gasteiger partial charge is 0.476 e. The zero-order valence-corrected chi connectivity index (χ0v) is 11.2. The summed E-state index contributed by atoms with van der Waals surface area (Å²) in [5, 5.41) is 10.8. The van der Waals surface area contributed by atoms with Crippen LogP contribution in [-0.2, 0) is 0 Å². The lowest BCUT2D eigenvalue weighted by Crippen LogP contribution is -2.13. The van der Waals surface area contributed by atoms with Crippen LogP contribution in [0.4, 0.5) is 10.1 Å². The van der Waals surface area contributed by atoms with Gasteiger partial charge in [-0.05, 0) is 19.1 Å². The van der Waals surface area contributed by atoms with Gasteiger partial charge in [-0.25, -0.2) is 4.39 Å². The lowest BCUT2D eigenvalue weighted by molar-refractivity contribution is -0.386. The first-order chi connectivity index (χ1) is 9.99. The Morgan fingerprint density at radius 2 is 2.00 bits per heavy atom. The highest BCUT2D eigenvalue weighted by molar-refractivity contribution is 5.97. The van der Waals surface area contributed by atoms with Crippen molar-refractivity contribution in [2.45, 2.75) is 6.92 Å². The second kappa shape index (κ2) is 6.13. The van der Waals surface area contributed by atoms with E-state index < -0.39 is 28.8 Å². The first kappa shape index (κ1) is 14.6. The number of carbonyl (C=O) groups excluding carboxylic acids is 1. The molecule has 0 aromatic heterocycles. The molecule has 21 heavy (non-hydrogen) atoms. The molecule has 108 valence electrons. The van der Waals surface area contributed by atoms with Crippen LogP contribution in [0.25, 0.3) is 0 Å². The monoisotopic (exact) mass is 289 g/mol. The summed E-state index contributed by atoms with van der Waals surface area (Å²) in [4.78, 5) is 22.0. The van der Waals surface area contributed by atoms with Gasteiger partial charge in [0.1, 0.15) is 0 Å². The quantitative estimate of drug-likeness (QED) is 0.481. The number of benzene rings is 2. The highest BCUT2D eigenvalue weighted by atomic mass is 19.1. The molecule has 0 unspecified atom stereocenters. The number of Topliss-reactive ketones (excluding diaryl/α,β-unsaturated/α-hetero) is 1. The summed E-state index contributed by atoms with van der Waals surface area (Å²) in [5.41, 5.74) is 0.804. The highest BCUT2D eigenvalue weighted by Crippen LogP contribution is 2.29. The molecule has 0 saturated carbocycles. The molecule has 0 saturated heterocycles. The molecule has 0 aliphatic heterocycles. The Kier molecular flexibility index (Phi) is 4.27. The maximum Gasteiger partial charge on any atom is 0.314 e. The third kappa shape index (κ3) is 3.42. The van der Waals surface area contributed by atoms with Gasteiger partial charge < -0.3 is 4.74 Å². The Labute approximate surface area is 120 Å². The molecule has 2 aromatic rings. The van der Waals surface area contributed by atoms with Crippen molar-refractivity contribution in [1.82, 2.24) is 0 Å². The molecule has 5 nitrogen and oxygen atoms in total. The van der Waals surface area contributed by atoms with Crippen LogP contribution in [0.5, 0.6) is 5.75 Å². The molecule has 0 N–H and O–H groups in total. The van der Waals surface area contributed by atoms with Crippen LogP contribution in [0.3, 0.4) is 0 Å². The van der Waals surface area contributed by atoms with Crippen LogP contribution in [-0.4, -0.2) is 17.3 Å². The normalized spacial score (nSPS) is 10.2. The molecule has 0 radical (unpaired) electrons. The summed E-state index contributed by atoms with van der Waals surface area (Å²) in [6.45, 7) is 1.37. The molecule has 0 heterocycles. The van der Waals surface area contributed by atoms with Crippen LogP contribution in [0, 0.1) is 22.9 Å². The van der Waals surface area contributed by atoms with Gasteiger partial charge in [-0.3, -0.25) is 14.9 Å². The number of aryl methyl sites for hydroxylation is 1. The van der Waals surface area contributed by atoms with Gasteiger partial charge in [0.25, 0.3) is 0 Å². The number of hydrogen-bond acceptors (Lipinski definition) is 4. The third-order valence-corrected chi connectivity index (χ3v) is 2.83. The molecule has 0 aliphatic carbocycles. The van der Waals surface area contributed by atoms with Crippen molar-refractivity contribution in [3.8, 4) is 5.75 Å². The number of nitrogens with zero attached hydrogens (tertiary/aromatic N) is 1. The van der Waals surface area contributed by atoms with E-state index in [-0.39, 0.29) is 5.78 Å². The third-order valence-electron chi connectivity index (χ3n) is 2.83. The Morgan fingerprint density at radius 3 is 2.67 bits per heavy atom. The van der Waals surface area contributed by atoms with Gasteiger partial charge in [0, 0.05) is 11.6 Å². The molecule has 0 spiro atoms. The van der Waals surface area contributed by atoms with Crippen molar-refractivity contribution >= 4 is 11.5 Å². The van der Waals surface area contributed by atoms with Crippen LogP contribution >= 0.6 is 0 Å². The fourth-order valence-corrected chi connectivity index (χ4v) is 1.82. The summed E-state index contributed by atoms with van der Waals surface area (Å²) in [5.74, 6) is -1.78. The molecule has 0 amide bonds. The average molecular weight is 289 g/mol. The predicted molar refractivity (Wildman–Crippen MR) is 74.1 cm³/mol. The van der Waals surface area contributed by atoms with Crippen molar-refractivity contribution < 1.29 is 18.8 Å². The Morgan fingerprint density at radius 1 is 1.29 bits per heavy atom. The zero-order valence-electron chi connectivity index (χ0n) is 11.2. The van der Waals surface area contributed by atoms with E-state index in [1.54, 1.807) is 18.2 Å². The maximum absolute atomic E-state index is 13.6. The Bertz CT molecular complexity index is 700. The number of rotatable bonds is 5. The van der Waals surface area contributed by atoms with E-state index in [0.717, 1.165) is 17.7 Å². The fraction of sp³-hybridized carbons (Fsp3) is 0.133. The van der Waals surface area contributed by atoms with Gasteiger partial charge in [-0.15, -0.1) is 0 Å². The fourth-order valence-electron chi connectivity index (χ4n) is 1.82. The van der Waals surface area contributed by atoms with Gasteiger partial charge in [-0.1, -0.05) is 29.8 Å². The van der Waals surface area contributed by atoms with Crippen LogP contribution < -0.4 is 4.74 Å². The summed E-state index contributed by atoms with van der Waals surface area (Å²) >= 11 is 0. The Balaban J connectivity index is 2.17. The molecule has 0 aliphatic rings. The smallest absolute Gasteiger partial charge is 0.314 e. The van der Waals surface area contributed by atoms with Crippen LogP contribution in [0.15, 0.2) is 42.5 Å². The minimum atomic E-state index is -0.874. The topological polar surface area (TPSA) is 69.4 Å². The molecule has 0 fully saturated rings. The SMILES string of the molecule is Cc1cccc(C(=O)COc2c(F)cccc2[N+](=O)[O-])c1. The van der Waals surface area contributed by atoms with Crippen molar-refractivity contribution in [3.05, 3.63) is 69.5 Å². The van der Waals surface area contributed by atoms with E-state index in [2.05, 4.69) is 0 Å². The van der Waals surface area contributed by atoms with Gasteiger partial charge in [-0.2, -0.15) is 0 Å². The van der Waals surface area contributed by atoms with E-state index in [9.17, 15) is 19.3 Å². The van der Waals surface area contributed by atoms with Gasteiger partial charge >= 0.3 is 5.69 Å². The maximum atomic E-state index is 13.6. The second-order valence-corrected chi connectivity index (χ2v) is 4.43.